The van der Waals surface area contributed by atoms with Crippen LogP contribution in [0.15, 0.2) is 30.3 Å². The van der Waals surface area contributed by atoms with Crippen molar-refractivity contribution in [3.05, 3.63) is 35.9 Å². The van der Waals surface area contributed by atoms with Crippen molar-refractivity contribution in [3.8, 4) is 0 Å². The van der Waals surface area contributed by atoms with Gasteiger partial charge < -0.3 is 4.90 Å². The van der Waals surface area contributed by atoms with E-state index in [1.807, 2.05) is 18.2 Å². The van der Waals surface area contributed by atoms with Crippen molar-refractivity contribution in [1.29, 1.82) is 0 Å². The molecule has 1 aromatic rings. The zero-order valence-corrected chi connectivity index (χ0v) is 13.8. The number of carbonyl (C=O) groups excluding carboxylic acids is 1. The Morgan fingerprint density at radius 1 is 1.18 bits per heavy atom. The molecule has 6 heteroatoms. The van der Waals surface area contributed by atoms with Gasteiger partial charge in [-0.05, 0) is 18.4 Å². The van der Waals surface area contributed by atoms with Crippen LogP contribution in [0.1, 0.15) is 25.3 Å². The van der Waals surface area contributed by atoms with Gasteiger partial charge in [-0.3, -0.25) is 4.79 Å². The number of sulfonamides is 1. The lowest BCUT2D eigenvalue weighted by molar-refractivity contribution is -0.131. The van der Waals surface area contributed by atoms with Crippen LogP contribution in [0, 0.1) is 0 Å². The summed E-state index contributed by atoms with van der Waals surface area (Å²) in [5, 5.41) is 0. The van der Waals surface area contributed by atoms with E-state index >= 15 is 0 Å². The molecule has 0 spiro atoms. The standard InChI is InChI=1S/C16H22N2O3S/c1-13(19)17-10-8-16(14-6-4-3-5-7-14)9-11-18(15(16)12-17)22(2,20)21/h3-7,15H,8-12H2,1-2H3/t15-,16-/m1/s1. The minimum atomic E-state index is -3.27. The predicted molar refractivity (Wildman–Crippen MR) is 84.9 cm³/mol. The highest BCUT2D eigenvalue weighted by Gasteiger charge is 2.53. The summed E-state index contributed by atoms with van der Waals surface area (Å²) in [6.45, 7) is 3.26. The van der Waals surface area contributed by atoms with E-state index in [2.05, 4.69) is 12.1 Å². The minimum Gasteiger partial charge on any atom is -0.341 e. The van der Waals surface area contributed by atoms with Gasteiger partial charge in [0.25, 0.3) is 0 Å². The third kappa shape index (κ3) is 2.44. The summed E-state index contributed by atoms with van der Waals surface area (Å²) in [6, 6.07) is 9.99. The van der Waals surface area contributed by atoms with Gasteiger partial charge in [0, 0.05) is 32.0 Å². The average Bonchev–Trinajstić information content (AvgIpc) is 2.87. The number of hydrogen-bond acceptors (Lipinski definition) is 3. The van der Waals surface area contributed by atoms with Crippen molar-refractivity contribution in [3.63, 3.8) is 0 Å². The van der Waals surface area contributed by atoms with Crippen molar-refractivity contribution in [2.45, 2.75) is 31.2 Å². The van der Waals surface area contributed by atoms with Crippen molar-refractivity contribution in [1.82, 2.24) is 9.21 Å². The van der Waals surface area contributed by atoms with Gasteiger partial charge in [-0.15, -0.1) is 0 Å². The molecular weight excluding hydrogens is 300 g/mol. The summed E-state index contributed by atoms with van der Waals surface area (Å²) < 4.78 is 25.9. The molecule has 0 saturated carbocycles. The minimum absolute atomic E-state index is 0.0158. The topological polar surface area (TPSA) is 57.7 Å². The van der Waals surface area contributed by atoms with E-state index in [1.54, 1.807) is 16.1 Å². The molecule has 1 amide bonds. The molecule has 0 aromatic heterocycles. The Kier molecular flexibility index (Phi) is 3.77. The number of fused-ring (bicyclic) bond motifs is 1. The Hall–Kier alpha value is -1.40. The maximum absolute atomic E-state index is 12.2. The summed E-state index contributed by atoms with van der Waals surface area (Å²) in [5.74, 6) is 0.0158. The molecular formula is C16H22N2O3S. The lowest BCUT2D eigenvalue weighted by Crippen LogP contribution is -2.57. The number of carbonyl (C=O) groups is 1. The van der Waals surface area contributed by atoms with Crippen LogP contribution in [0.4, 0.5) is 0 Å². The quantitative estimate of drug-likeness (QED) is 0.822. The predicted octanol–water partition coefficient (Wildman–Crippen LogP) is 1.21. The Bertz CT molecular complexity index is 674. The van der Waals surface area contributed by atoms with Crippen LogP contribution < -0.4 is 0 Å². The van der Waals surface area contributed by atoms with E-state index < -0.39 is 10.0 Å². The number of nitrogens with zero attached hydrogens (tertiary/aromatic N) is 2. The molecule has 0 unspecified atom stereocenters. The fourth-order valence-corrected chi connectivity index (χ4v) is 5.19. The highest BCUT2D eigenvalue weighted by Crippen LogP contribution is 2.46. The van der Waals surface area contributed by atoms with Gasteiger partial charge in [-0.1, -0.05) is 30.3 Å². The fraction of sp³-hybridized carbons (Fsp3) is 0.562. The lowest BCUT2D eigenvalue weighted by atomic mass is 9.69. The zero-order chi connectivity index (χ0) is 16.0. The Morgan fingerprint density at radius 3 is 2.41 bits per heavy atom. The first-order valence-corrected chi connectivity index (χ1v) is 9.47. The second-order valence-corrected chi connectivity index (χ2v) is 8.31. The Morgan fingerprint density at radius 2 is 1.82 bits per heavy atom. The molecule has 3 rings (SSSR count). The molecule has 0 bridgehead atoms. The molecule has 2 atom stereocenters. The van der Waals surface area contributed by atoms with Crippen molar-refractivity contribution in [2.24, 2.45) is 0 Å². The number of amides is 1. The number of piperidine rings is 1. The molecule has 0 aliphatic carbocycles. The Labute approximate surface area is 132 Å². The second-order valence-electron chi connectivity index (χ2n) is 6.38. The normalized spacial score (nSPS) is 29.4. The van der Waals surface area contributed by atoms with Crippen molar-refractivity contribution in [2.75, 3.05) is 25.9 Å². The Balaban J connectivity index is 2.04. The van der Waals surface area contributed by atoms with Crippen molar-refractivity contribution >= 4 is 15.9 Å². The van der Waals surface area contributed by atoms with Gasteiger partial charge in [0.05, 0.1) is 12.3 Å². The molecule has 22 heavy (non-hydrogen) atoms. The second kappa shape index (κ2) is 5.35. The van der Waals surface area contributed by atoms with Crippen LogP contribution in [0.5, 0.6) is 0 Å². The summed E-state index contributed by atoms with van der Waals surface area (Å²) in [5.41, 5.74) is 1.02. The molecule has 2 saturated heterocycles. The molecule has 2 aliphatic heterocycles. The van der Waals surface area contributed by atoms with Crippen LogP contribution in [0.3, 0.4) is 0 Å². The van der Waals surface area contributed by atoms with Crippen LogP contribution in [-0.4, -0.2) is 55.5 Å². The maximum Gasteiger partial charge on any atom is 0.219 e. The first-order valence-electron chi connectivity index (χ1n) is 7.62. The molecule has 2 heterocycles. The van der Waals surface area contributed by atoms with E-state index in [1.165, 1.54) is 11.8 Å². The van der Waals surface area contributed by atoms with Gasteiger partial charge >= 0.3 is 0 Å². The molecule has 120 valence electrons. The summed E-state index contributed by atoms with van der Waals surface area (Å²) in [6.07, 6.45) is 2.90. The van der Waals surface area contributed by atoms with E-state index in [4.69, 9.17) is 0 Å². The van der Waals surface area contributed by atoms with E-state index in [0.29, 0.717) is 19.6 Å². The summed E-state index contributed by atoms with van der Waals surface area (Å²) in [7, 11) is -3.27. The third-order valence-electron chi connectivity index (χ3n) is 5.20. The van der Waals surface area contributed by atoms with Gasteiger partial charge in [0.2, 0.25) is 15.9 Å². The van der Waals surface area contributed by atoms with E-state index in [-0.39, 0.29) is 17.4 Å². The molecule has 2 fully saturated rings. The van der Waals surface area contributed by atoms with Crippen molar-refractivity contribution < 1.29 is 13.2 Å². The van der Waals surface area contributed by atoms with Gasteiger partial charge in [-0.2, -0.15) is 4.31 Å². The molecule has 5 nitrogen and oxygen atoms in total. The number of benzene rings is 1. The smallest absolute Gasteiger partial charge is 0.219 e. The third-order valence-corrected chi connectivity index (χ3v) is 6.49. The SMILES string of the molecule is CC(=O)N1CC[C@]2(c3ccccc3)CCN(S(C)(=O)=O)[C@@H]2C1. The maximum atomic E-state index is 12.2. The highest BCUT2D eigenvalue weighted by molar-refractivity contribution is 7.88. The fourth-order valence-electron chi connectivity index (χ4n) is 4.03. The first kappa shape index (κ1) is 15.5. The van der Waals surface area contributed by atoms with Gasteiger partial charge in [-0.25, -0.2) is 8.42 Å². The summed E-state index contributed by atoms with van der Waals surface area (Å²) in [4.78, 5) is 13.5. The highest BCUT2D eigenvalue weighted by atomic mass is 32.2. The van der Waals surface area contributed by atoms with Gasteiger partial charge in [0.1, 0.15) is 0 Å². The van der Waals surface area contributed by atoms with Gasteiger partial charge in [0.15, 0.2) is 0 Å². The van der Waals surface area contributed by atoms with Crippen LogP contribution in [-0.2, 0) is 20.2 Å². The molecule has 0 N–H and O–H groups in total. The van der Waals surface area contributed by atoms with Crippen LogP contribution in [0.25, 0.3) is 0 Å². The molecule has 0 radical (unpaired) electrons. The van der Waals surface area contributed by atoms with Crippen LogP contribution in [0.2, 0.25) is 0 Å². The summed E-state index contributed by atoms with van der Waals surface area (Å²) >= 11 is 0. The number of likely N-dealkylation sites (tertiary alicyclic amines) is 1. The monoisotopic (exact) mass is 322 g/mol. The van der Waals surface area contributed by atoms with Crippen LogP contribution >= 0.6 is 0 Å². The first-order chi connectivity index (χ1) is 10.3. The van der Waals surface area contributed by atoms with E-state index in [0.717, 1.165) is 12.8 Å². The zero-order valence-electron chi connectivity index (χ0n) is 13.0. The van der Waals surface area contributed by atoms with E-state index in [9.17, 15) is 13.2 Å². The lowest BCUT2D eigenvalue weighted by Gasteiger charge is -2.45. The average molecular weight is 322 g/mol. The number of rotatable bonds is 2. The molecule has 1 aromatic carbocycles. The molecule has 2 aliphatic rings. The number of hydrogen-bond donors (Lipinski definition) is 0. The largest absolute Gasteiger partial charge is 0.341 e.